The van der Waals surface area contributed by atoms with Crippen LogP contribution >= 0.6 is 11.3 Å². The second-order valence-electron chi connectivity index (χ2n) is 8.42. The van der Waals surface area contributed by atoms with Crippen molar-refractivity contribution in [3.05, 3.63) is 96.6 Å². The van der Waals surface area contributed by atoms with Gasteiger partial charge in [-0.05, 0) is 36.8 Å². The summed E-state index contributed by atoms with van der Waals surface area (Å²) in [5, 5.41) is 5.30. The van der Waals surface area contributed by atoms with E-state index in [0.29, 0.717) is 0 Å². The van der Waals surface area contributed by atoms with Crippen molar-refractivity contribution in [2.45, 2.75) is 13.3 Å². The van der Waals surface area contributed by atoms with Gasteiger partial charge in [-0.3, -0.25) is 4.57 Å². The zero-order chi connectivity index (χ0) is 21.2. The Hall–Kier alpha value is -3.69. The van der Waals surface area contributed by atoms with E-state index in [1.165, 1.54) is 53.1 Å². The molecule has 0 aliphatic carbocycles. The van der Waals surface area contributed by atoms with Crippen LogP contribution in [0.5, 0.6) is 0 Å². The van der Waals surface area contributed by atoms with Crippen molar-refractivity contribution >= 4 is 70.4 Å². The average molecular weight is 429 g/mol. The predicted octanol–water partition coefficient (Wildman–Crippen LogP) is 8.55. The van der Waals surface area contributed by atoms with E-state index in [0.717, 1.165) is 17.9 Å². The highest BCUT2D eigenvalue weighted by molar-refractivity contribution is 7.26. The van der Waals surface area contributed by atoms with Crippen LogP contribution in [0.4, 0.5) is 5.69 Å². The number of nitrogens with zero attached hydrogens (tertiary/aromatic N) is 2. The van der Waals surface area contributed by atoms with Gasteiger partial charge in [-0.1, -0.05) is 66.7 Å². The van der Waals surface area contributed by atoms with Crippen molar-refractivity contribution in [3.63, 3.8) is 0 Å². The van der Waals surface area contributed by atoms with Crippen LogP contribution in [0.25, 0.3) is 47.6 Å². The molecule has 0 amide bonds. The van der Waals surface area contributed by atoms with E-state index < -0.39 is 0 Å². The number of hydrogen-bond acceptors (Lipinski definition) is 2. The molecule has 7 rings (SSSR count). The highest BCUT2D eigenvalue weighted by Gasteiger charge is 2.20. The minimum Gasteiger partial charge on any atom is -0.297 e. The van der Waals surface area contributed by atoms with Crippen LogP contribution in [0.1, 0.15) is 18.9 Å². The predicted molar refractivity (Wildman–Crippen MR) is 140 cm³/mol. The number of allylic oxidation sites excluding steroid dienone is 2. The van der Waals surface area contributed by atoms with Gasteiger partial charge in [0.2, 0.25) is 0 Å². The van der Waals surface area contributed by atoms with Crippen molar-refractivity contribution in [2.24, 2.45) is 4.99 Å². The van der Waals surface area contributed by atoms with Crippen LogP contribution in [0.15, 0.2) is 96.0 Å². The second kappa shape index (κ2) is 6.65. The number of aliphatic imine (C=N–C) groups is 1. The summed E-state index contributed by atoms with van der Waals surface area (Å²) in [6, 6.07) is 30.5. The fraction of sp³-hybridized carbons (Fsp3) is 0.0690. The third-order valence-electron chi connectivity index (χ3n) is 6.61. The van der Waals surface area contributed by atoms with Gasteiger partial charge < -0.3 is 0 Å². The van der Waals surface area contributed by atoms with E-state index in [4.69, 9.17) is 4.99 Å². The summed E-state index contributed by atoms with van der Waals surface area (Å²) in [5.74, 6) is 1.07. The molecule has 152 valence electrons. The smallest absolute Gasteiger partial charge is 0.118 e. The molecule has 0 saturated carbocycles. The molecule has 0 radical (unpaired) electrons. The Morgan fingerprint density at radius 2 is 1.53 bits per heavy atom. The molecule has 1 aliphatic rings. The molecule has 0 N–H and O–H groups in total. The van der Waals surface area contributed by atoms with E-state index in [1.54, 1.807) is 0 Å². The molecule has 2 nitrogen and oxygen atoms in total. The van der Waals surface area contributed by atoms with Crippen LogP contribution in [0, 0.1) is 0 Å². The van der Waals surface area contributed by atoms with Gasteiger partial charge >= 0.3 is 0 Å². The molecule has 2 aromatic heterocycles. The fourth-order valence-electron chi connectivity index (χ4n) is 5.10. The Kier molecular flexibility index (Phi) is 3.73. The number of fused-ring (bicyclic) bond motifs is 8. The van der Waals surface area contributed by atoms with E-state index in [1.807, 2.05) is 11.3 Å². The lowest BCUT2D eigenvalue weighted by Crippen LogP contribution is -2.10. The summed E-state index contributed by atoms with van der Waals surface area (Å²) in [5.41, 5.74) is 6.00. The maximum atomic E-state index is 5.19. The number of para-hydroxylation sites is 2. The van der Waals surface area contributed by atoms with Crippen molar-refractivity contribution in [2.75, 3.05) is 0 Å². The summed E-state index contributed by atoms with van der Waals surface area (Å²) in [6.07, 6.45) is 3.11. The number of benzene rings is 4. The van der Waals surface area contributed by atoms with Crippen molar-refractivity contribution in [3.8, 4) is 0 Å². The third-order valence-corrected chi connectivity index (χ3v) is 7.81. The normalized spacial score (nSPS) is 14.0. The SMILES string of the molecule is CC1=CCC(n2c3ccccc3c3c4sc5ccccc5c4ccc32)=Nc2ccccc21. The Morgan fingerprint density at radius 3 is 2.47 bits per heavy atom. The number of hydrogen-bond donors (Lipinski definition) is 0. The molecule has 0 saturated heterocycles. The largest absolute Gasteiger partial charge is 0.297 e. The maximum absolute atomic E-state index is 5.19. The molecular weight excluding hydrogens is 408 g/mol. The number of thiophene rings is 1. The van der Waals surface area contributed by atoms with Crippen LogP contribution in [-0.4, -0.2) is 10.4 Å². The minimum absolute atomic E-state index is 0.804. The first kappa shape index (κ1) is 17.9. The highest BCUT2D eigenvalue weighted by Crippen LogP contribution is 2.42. The Labute approximate surface area is 189 Å². The number of rotatable bonds is 0. The van der Waals surface area contributed by atoms with Crippen molar-refractivity contribution in [1.82, 2.24) is 4.57 Å². The standard InChI is InChI=1S/C29H20N2S/c1-18-14-17-27(30-23-11-5-2-8-19(18)23)31-24-12-6-3-10-22(24)28-25(31)16-15-21-20-9-4-7-13-26(20)32-29(21)28/h2-16H,17H2,1H3. The maximum Gasteiger partial charge on any atom is 0.118 e. The first-order valence-electron chi connectivity index (χ1n) is 11.0. The Bertz CT molecular complexity index is 1760. The topological polar surface area (TPSA) is 17.3 Å². The number of aromatic nitrogens is 1. The van der Waals surface area contributed by atoms with Gasteiger partial charge in [-0.25, -0.2) is 4.99 Å². The van der Waals surface area contributed by atoms with E-state index in [9.17, 15) is 0 Å². The monoisotopic (exact) mass is 428 g/mol. The van der Waals surface area contributed by atoms with Gasteiger partial charge in [0.25, 0.3) is 0 Å². The van der Waals surface area contributed by atoms with Gasteiger partial charge in [-0.15, -0.1) is 11.3 Å². The second-order valence-corrected chi connectivity index (χ2v) is 9.48. The lowest BCUT2D eigenvalue weighted by Gasteiger charge is -2.09. The molecule has 6 aromatic rings. The highest BCUT2D eigenvalue weighted by atomic mass is 32.1. The molecule has 0 spiro atoms. The molecule has 3 heteroatoms. The zero-order valence-electron chi connectivity index (χ0n) is 17.7. The van der Waals surface area contributed by atoms with Gasteiger partial charge in [0.1, 0.15) is 5.84 Å². The Balaban J connectivity index is 1.62. The lowest BCUT2D eigenvalue weighted by molar-refractivity contribution is 1.19. The molecule has 32 heavy (non-hydrogen) atoms. The van der Waals surface area contributed by atoms with Gasteiger partial charge in [0.05, 0.1) is 16.7 Å². The minimum atomic E-state index is 0.804. The van der Waals surface area contributed by atoms with Crippen LogP contribution < -0.4 is 0 Å². The molecule has 0 atom stereocenters. The van der Waals surface area contributed by atoms with Gasteiger partial charge in [-0.2, -0.15) is 0 Å². The molecular formula is C29H20N2S. The summed E-state index contributed by atoms with van der Waals surface area (Å²) in [4.78, 5) is 5.19. The van der Waals surface area contributed by atoms with Crippen molar-refractivity contribution in [1.29, 1.82) is 0 Å². The zero-order valence-corrected chi connectivity index (χ0v) is 18.5. The van der Waals surface area contributed by atoms with Crippen LogP contribution in [0.3, 0.4) is 0 Å². The molecule has 0 unspecified atom stereocenters. The van der Waals surface area contributed by atoms with E-state index in [-0.39, 0.29) is 0 Å². The average Bonchev–Trinajstić information content (AvgIpc) is 3.32. The molecule has 3 heterocycles. The fourth-order valence-corrected chi connectivity index (χ4v) is 6.36. The summed E-state index contributed by atoms with van der Waals surface area (Å²) >= 11 is 1.89. The molecule has 0 bridgehead atoms. The first-order chi connectivity index (χ1) is 15.8. The van der Waals surface area contributed by atoms with E-state index in [2.05, 4.69) is 102 Å². The van der Waals surface area contributed by atoms with Crippen molar-refractivity contribution < 1.29 is 0 Å². The third kappa shape index (κ3) is 2.43. The lowest BCUT2D eigenvalue weighted by atomic mass is 10.1. The Morgan fingerprint density at radius 1 is 0.750 bits per heavy atom. The summed E-state index contributed by atoms with van der Waals surface area (Å²) in [7, 11) is 0. The van der Waals surface area contributed by atoms with Gasteiger partial charge in [0.15, 0.2) is 0 Å². The van der Waals surface area contributed by atoms with E-state index >= 15 is 0 Å². The molecule has 1 aliphatic heterocycles. The molecule has 0 fully saturated rings. The van der Waals surface area contributed by atoms with Crippen LogP contribution in [0.2, 0.25) is 0 Å². The van der Waals surface area contributed by atoms with Crippen LogP contribution in [-0.2, 0) is 0 Å². The quantitative estimate of drug-likeness (QED) is 0.231. The van der Waals surface area contributed by atoms with Gasteiger partial charge in [0, 0.05) is 42.9 Å². The first-order valence-corrected chi connectivity index (χ1v) is 11.8. The summed E-state index contributed by atoms with van der Waals surface area (Å²) < 4.78 is 5.08. The molecule has 4 aromatic carbocycles. The summed E-state index contributed by atoms with van der Waals surface area (Å²) in [6.45, 7) is 2.18.